The minimum Gasteiger partial charge on any atom is -0.444 e. The molecule has 1 fully saturated rings. The number of amides is 3. The van der Waals surface area contributed by atoms with Crippen molar-refractivity contribution in [1.82, 2.24) is 15.5 Å². The summed E-state index contributed by atoms with van der Waals surface area (Å²) >= 11 is 0. The fourth-order valence-electron chi connectivity index (χ4n) is 4.01. The van der Waals surface area contributed by atoms with Gasteiger partial charge in [0.15, 0.2) is 0 Å². The van der Waals surface area contributed by atoms with Crippen molar-refractivity contribution in [2.45, 2.75) is 111 Å². The second-order valence-corrected chi connectivity index (χ2v) is 10.9. The van der Waals surface area contributed by atoms with Crippen LogP contribution in [0.25, 0.3) is 0 Å². The Hall–Kier alpha value is -2.57. The predicted octanol–water partition coefficient (Wildman–Crippen LogP) is 5.19. The molecule has 7 nitrogen and oxygen atoms in total. The van der Waals surface area contributed by atoms with E-state index in [1.54, 1.807) is 25.7 Å². The van der Waals surface area contributed by atoms with Gasteiger partial charge >= 0.3 is 6.09 Å². The van der Waals surface area contributed by atoms with E-state index in [2.05, 4.69) is 17.6 Å². The predicted molar refractivity (Wildman–Crippen MR) is 139 cm³/mol. The molecule has 196 valence electrons. The largest absolute Gasteiger partial charge is 0.444 e. The molecule has 0 aromatic heterocycles. The minimum atomic E-state index is -0.784. The zero-order valence-electron chi connectivity index (χ0n) is 22.9. The highest BCUT2D eigenvalue weighted by Gasteiger charge is 2.45. The number of ether oxygens (including phenoxy) is 1. The zero-order chi connectivity index (χ0) is 26.3. The van der Waals surface area contributed by atoms with E-state index in [0.717, 1.165) is 42.4 Å². The Kier molecular flexibility index (Phi) is 10.2. The smallest absolute Gasteiger partial charge is 0.408 e. The van der Waals surface area contributed by atoms with E-state index in [1.807, 2.05) is 45.9 Å². The van der Waals surface area contributed by atoms with Gasteiger partial charge in [-0.2, -0.15) is 0 Å². The average Bonchev–Trinajstić information content (AvgIpc) is 3.60. The maximum atomic E-state index is 14.1. The van der Waals surface area contributed by atoms with Gasteiger partial charge in [-0.3, -0.25) is 9.59 Å². The van der Waals surface area contributed by atoms with Crippen LogP contribution >= 0.6 is 0 Å². The molecule has 3 unspecified atom stereocenters. The van der Waals surface area contributed by atoms with E-state index >= 15 is 0 Å². The third-order valence-electron chi connectivity index (χ3n) is 6.55. The van der Waals surface area contributed by atoms with E-state index in [0.29, 0.717) is 13.0 Å². The second kappa shape index (κ2) is 12.4. The Morgan fingerprint density at radius 2 is 1.77 bits per heavy atom. The van der Waals surface area contributed by atoms with E-state index < -0.39 is 23.8 Å². The van der Waals surface area contributed by atoms with Gasteiger partial charge in [-0.1, -0.05) is 51.8 Å². The third-order valence-corrected chi connectivity index (χ3v) is 6.55. The van der Waals surface area contributed by atoms with Crippen LogP contribution in [0.1, 0.15) is 96.4 Å². The molecule has 0 saturated heterocycles. The Bertz CT molecular complexity index is 889. The molecule has 1 aliphatic rings. The fourth-order valence-corrected chi connectivity index (χ4v) is 4.01. The van der Waals surface area contributed by atoms with Crippen LogP contribution < -0.4 is 10.6 Å². The normalized spacial score (nSPS) is 16.1. The molecule has 0 spiro atoms. The first-order valence-electron chi connectivity index (χ1n) is 13.1. The average molecular weight is 488 g/mol. The van der Waals surface area contributed by atoms with Crippen molar-refractivity contribution < 1.29 is 19.1 Å². The Morgan fingerprint density at radius 1 is 1.11 bits per heavy atom. The Labute approximate surface area is 211 Å². The number of hydrogen-bond donors (Lipinski definition) is 2. The Morgan fingerprint density at radius 3 is 2.29 bits per heavy atom. The summed E-state index contributed by atoms with van der Waals surface area (Å²) in [6.07, 6.45) is 3.60. The van der Waals surface area contributed by atoms with Crippen molar-refractivity contribution in [3.63, 3.8) is 0 Å². The van der Waals surface area contributed by atoms with Crippen LogP contribution in [-0.4, -0.2) is 47.0 Å². The van der Waals surface area contributed by atoms with Gasteiger partial charge in [-0.25, -0.2) is 4.79 Å². The van der Waals surface area contributed by atoms with Gasteiger partial charge in [0.1, 0.15) is 17.7 Å². The molecule has 1 saturated carbocycles. The Balaban J connectivity index is 2.45. The van der Waals surface area contributed by atoms with E-state index in [-0.39, 0.29) is 23.8 Å². The van der Waals surface area contributed by atoms with E-state index in [1.165, 1.54) is 0 Å². The summed E-state index contributed by atoms with van der Waals surface area (Å²) in [6, 6.07) is 4.37. The molecule has 1 aromatic rings. The van der Waals surface area contributed by atoms with Crippen molar-refractivity contribution in [3.05, 3.63) is 34.9 Å². The third kappa shape index (κ3) is 8.25. The summed E-state index contributed by atoms with van der Waals surface area (Å²) in [5, 5.41) is 5.86. The van der Waals surface area contributed by atoms with Gasteiger partial charge in [0, 0.05) is 12.6 Å². The van der Waals surface area contributed by atoms with Crippen LogP contribution in [0.3, 0.4) is 0 Å². The topological polar surface area (TPSA) is 87.7 Å². The summed E-state index contributed by atoms with van der Waals surface area (Å²) in [6.45, 7) is 16.0. The first-order valence-corrected chi connectivity index (χ1v) is 13.1. The van der Waals surface area contributed by atoms with Crippen LogP contribution in [-0.2, 0) is 14.3 Å². The number of nitrogens with zero attached hydrogens (tertiary/aromatic N) is 1. The van der Waals surface area contributed by atoms with Crippen LogP contribution in [0.5, 0.6) is 0 Å². The molecular weight excluding hydrogens is 442 g/mol. The fraction of sp³-hybridized carbons (Fsp3) is 0.679. The highest BCUT2D eigenvalue weighted by Crippen LogP contribution is 2.36. The van der Waals surface area contributed by atoms with Crippen LogP contribution in [0, 0.1) is 19.8 Å². The van der Waals surface area contributed by atoms with Crippen LogP contribution in [0.2, 0.25) is 0 Å². The first kappa shape index (κ1) is 28.7. The summed E-state index contributed by atoms with van der Waals surface area (Å²) in [7, 11) is 0. The zero-order valence-corrected chi connectivity index (χ0v) is 22.9. The quantitative estimate of drug-likeness (QED) is 0.421. The number of carbonyl (C=O) groups excluding carboxylic acids is 3. The van der Waals surface area contributed by atoms with Gasteiger partial charge in [-0.15, -0.1) is 0 Å². The van der Waals surface area contributed by atoms with Gasteiger partial charge < -0.3 is 20.3 Å². The number of rotatable bonds is 11. The number of aryl methyl sites for hydroxylation is 2. The maximum absolute atomic E-state index is 14.1. The van der Waals surface area contributed by atoms with Crippen molar-refractivity contribution in [2.24, 2.45) is 5.92 Å². The lowest BCUT2D eigenvalue weighted by Crippen LogP contribution is -2.55. The molecule has 0 heterocycles. The molecular formula is C28H45N3O4. The number of nitrogens with one attached hydrogen (secondary N) is 2. The number of hydrogen-bond acceptors (Lipinski definition) is 4. The molecule has 7 heteroatoms. The van der Waals surface area contributed by atoms with Crippen molar-refractivity contribution in [2.75, 3.05) is 6.54 Å². The highest BCUT2D eigenvalue weighted by molar-refractivity contribution is 5.92. The van der Waals surface area contributed by atoms with E-state index in [4.69, 9.17) is 4.74 Å². The van der Waals surface area contributed by atoms with Gasteiger partial charge in [0.2, 0.25) is 11.8 Å². The molecule has 1 aromatic carbocycles. The molecule has 0 radical (unpaired) electrons. The molecule has 3 atom stereocenters. The first-order chi connectivity index (χ1) is 16.4. The number of alkyl carbamates (subject to hydrolysis) is 1. The summed E-state index contributed by atoms with van der Waals surface area (Å²) in [4.78, 5) is 42.0. The van der Waals surface area contributed by atoms with Crippen molar-refractivity contribution >= 4 is 17.9 Å². The number of unbranched alkanes of at least 4 members (excludes halogenated alkanes) is 1. The highest BCUT2D eigenvalue weighted by atomic mass is 16.6. The number of benzene rings is 1. The standard InChI is InChI=1S/C28H45N3O4/c1-9-11-16-29-25(32)24(21-13-12-19(4)20(5)17-21)31(22-14-15-22)26(33)23(18(3)10-2)30-27(34)35-28(6,7)8/h12-13,17-18,22-24H,9-11,14-16H2,1-8H3,(H,29,32)(H,30,34). The lowest BCUT2D eigenvalue weighted by molar-refractivity contribution is -0.144. The van der Waals surface area contributed by atoms with Gasteiger partial charge in [0.25, 0.3) is 0 Å². The van der Waals surface area contributed by atoms with Gasteiger partial charge in [-0.05, 0) is 76.5 Å². The summed E-state index contributed by atoms with van der Waals surface area (Å²) in [5.41, 5.74) is 2.32. The molecule has 0 bridgehead atoms. The van der Waals surface area contributed by atoms with Crippen molar-refractivity contribution in [3.8, 4) is 0 Å². The molecule has 0 aliphatic heterocycles. The maximum Gasteiger partial charge on any atom is 0.408 e. The lowest BCUT2D eigenvalue weighted by atomic mass is 9.94. The molecule has 1 aliphatic carbocycles. The SMILES string of the molecule is CCCCNC(=O)C(c1ccc(C)c(C)c1)N(C(=O)C(NC(=O)OC(C)(C)C)C(C)CC)C1CC1. The van der Waals surface area contributed by atoms with Crippen LogP contribution in [0.4, 0.5) is 4.79 Å². The summed E-state index contributed by atoms with van der Waals surface area (Å²) < 4.78 is 5.46. The van der Waals surface area contributed by atoms with E-state index in [9.17, 15) is 14.4 Å². The monoisotopic (exact) mass is 487 g/mol. The molecule has 3 amide bonds. The number of carbonyl (C=O) groups is 3. The minimum absolute atomic E-state index is 0.0296. The van der Waals surface area contributed by atoms with Gasteiger partial charge in [0.05, 0.1) is 0 Å². The second-order valence-electron chi connectivity index (χ2n) is 10.9. The summed E-state index contributed by atoms with van der Waals surface area (Å²) in [5.74, 6) is -0.538. The molecule has 35 heavy (non-hydrogen) atoms. The molecule has 2 rings (SSSR count). The van der Waals surface area contributed by atoms with Crippen LogP contribution in [0.15, 0.2) is 18.2 Å². The lowest BCUT2D eigenvalue weighted by Gasteiger charge is -2.36. The molecule has 2 N–H and O–H groups in total. The van der Waals surface area contributed by atoms with Crippen molar-refractivity contribution in [1.29, 1.82) is 0 Å².